The minimum atomic E-state index is -0.942. The summed E-state index contributed by atoms with van der Waals surface area (Å²) in [5.74, 6) is 0.465. The van der Waals surface area contributed by atoms with Crippen LogP contribution in [0, 0.1) is 11.3 Å². The summed E-state index contributed by atoms with van der Waals surface area (Å²) in [5.41, 5.74) is 4.61. The van der Waals surface area contributed by atoms with Crippen LogP contribution < -0.4 is 5.73 Å². The highest BCUT2D eigenvalue weighted by Gasteiger charge is 2.35. The zero-order chi connectivity index (χ0) is 13.1. The average Bonchev–Trinajstić information content (AvgIpc) is 2.79. The Labute approximate surface area is 103 Å². The molecule has 1 saturated carbocycles. The van der Waals surface area contributed by atoms with Gasteiger partial charge in [0, 0.05) is 13.6 Å². The quantitative estimate of drug-likeness (QED) is 0.338. The topological polar surface area (TPSA) is 78.9 Å². The van der Waals surface area contributed by atoms with Crippen molar-refractivity contribution in [3.63, 3.8) is 0 Å². The molecule has 0 bridgehead atoms. The Bertz CT molecular complexity index is 307. The van der Waals surface area contributed by atoms with Gasteiger partial charge in [-0.15, -0.1) is 0 Å². The lowest BCUT2D eigenvalue weighted by Gasteiger charge is -2.29. The molecule has 1 aliphatic rings. The fraction of sp³-hybridized carbons (Fsp3) is 0.833. The summed E-state index contributed by atoms with van der Waals surface area (Å²) in [7, 11) is 1.78. The van der Waals surface area contributed by atoms with Crippen LogP contribution in [-0.2, 0) is 4.79 Å². The molecule has 1 fully saturated rings. The van der Waals surface area contributed by atoms with Crippen LogP contribution >= 0.6 is 0 Å². The first-order chi connectivity index (χ1) is 7.89. The average molecular weight is 241 g/mol. The molecule has 0 aliphatic heterocycles. The fourth-order valence-electron chi connectivity index (χ4n) is 2.37. The number of amides is 1. The van der Waals surface area contributed by atoms with Gasteiger partial charge in [0.2, 0.25) is 5.91 Å². The van der Waals surface area contributed by atoms with Gasteiger partial charge >= 0.3 is 0 Å². The van der Waals surface area contributed by atoms with Crippen LogP contribution in [0.4, 0.5) is 0 Å². The van der Waals surface area contributed by atoms with E-state index in [1.807, 2.05) is 0 Å². The van der Waals surface area contributed by atoms with E-state index in [0.717, 1.165) is 6.54 Å². The van der Waals surface area contributed by atoms with Crippen molar-refractivity contribution in [3.05, 3.63) is 0 Å². The van der Waals surface area contributed by atoms with E-state index in [9.17, 15) is 4.79 Å². The van der Waals surface area contributed by atoms with Crippen LogP contribution in [-0.4, -0.2) is 35.4 Å². The lowest BCUT2D eigenvalue weighted by atomic mass is 9.90. The van der Waals surface area contributed by atoms with Gasteiger partial charge in [-0.1, -0.05) is 18.0 Å². The van der Waals surface area contributed by atoms with Crippen LogP contribution in [0.15, 0.2) is 5.16 Å². The van der Waals surface area contributed by atoms with E-state index in [0.29, 0.717) is 5.92 Å². The van der Waals surface area contributed by atoms with E-state index >= 15 is 0 Å². The van der Waals surface area contributed by atoms with Gasteiger partial charge in [-0.25, -0.2) is 0 Å². The predicted octanol–water partition coefficient (Wildman–Crippen LogP) is 1.41. The molecule has 0 saturated heterocycles. The number of oxime groups is 1. The Morgan fingerprint density at radius 2 is 2.00 bits per heavy atom. The van der Waals surface area contributed by atoms with Crippen molar-refractivity contribution in [1.29, 1.82) is 0 Å². The summed E-state index contributed by atoms with van der Waals surface area (Å²) in [6.45, 7) is 4.12. The van der Waals surface area contributed by atoms with Gasteiger partial charge in [0.15, 0.2) is 5.84 Å². The van der Waals surface area contributed by atoms with Crippen molar-refractivity contribution in [2.24, 2.45) is 22.2 Å². The number of hydrogen-bond donors (Lipinski definition) is 2. The maximum absolute atomic E-state index is 12.2. The van der Waals surface area contributed by atoms with E-state index in [-0.39, 0.29) is 11.7 Å². The molecular formula is C12H23N3O2. The van der Waals surface area contributed by atoms with Gasteiger partial charge in [-0.3, -0.25) is 4.79 Å². The maximum atomic E-state index is 12.2. The van der Waals surface area contributed by atoms with Crippen molar-refractivity contribution in [3.8, 4) is 0 Å². The Hall–Kier alpha value is -1.26. The summed E-state index contributed by atoms with van der Waals surface area (Å²) in [5, 5.41) is 11.6. The van der Waals surface area contributed by atoms with Gasteiger partial charge in [0.05, 0.1) is 0 Å². The van der Waals surface area contributed by atoms with Crippen LogP contribution in [0.1, 0.15) is 39.5 Å². The van der Waals surface area contributed by atoms with Crippen LogP contribution in [0.25, 0.3) is 0 Å². The third kappa shape index (κ3) is 3.11. The molecule has 0 heterocycles. The molecular weight excluding hydrogens is 218 g/mol. The van der Waals surface area contributed by atoms with Crippen molar-refractivity contribution >= 4 is 11.7 Å². The van der Waals surface area contributed by atoms with Crippen LogP contribution in [0.3, 0.4) is 0 Å². The molecule has 0 unspecified atom stereocenters. The second-order valence-electron chi connectivity index (χ2n) is 5.45. The fourth-order valence-corrected chi connectivity index (χ4v) is 2.37. The molecule has 1 aliphatic carbocycles. The molecule has 98 valence electrons. The highest BCUT2D eigenvalue weighted by Crippen LogP contribution is 2.27. The smallest absolute Gasteiger partial charge is 0.235 e. The van der Waals surface area contributed by atoms with Crippen molar-refractivity contribution < 1.29 is 10.0 Å². The molecule has 0 spiro atoms. The zero-order valence-electron chi connectivity index (χ0n) is 10.9. The largest absolute Gasteiger partial charge is 0.409 e. The zero-order valence-corrected chi connectivity index (χ0v) is 10.9. The molecule has 0 radical (unpaired) electrons. The third-order valence-corrected chi connectivity index (χ3v) is 3.64. The SMILES string of the molecule is CN(CC1CCCC1)C(=O)C(C)(C)/C(N)=N/O. The Morgan fingerprint density at radius 1 is 1.47 bits per heavy atom. The molecule has 5 nitrogen and oxygen atoms in total. The van der Waals surface area contributed by atoms with Crippen molar-refractivity contribution in [1.82, 2.24) is 4.90 Å². The number of rotatable bonds is 4. The molecule has 17 heavy (non-hydrogen) atoms. The number of carbonyl (C=O) groups is 1. The summed E-state index contributed by atoms with van der Waals surface area (Å²) in [4.78, 5) is 13.9. The molecule has 0 aromatic rings. The van der Waals surface area contributed by atoms with E-state index in [1.54, 1.807) is 25.8 Å². The van der Waals surface area contributed by atoms with E-state index in [2.05, 4.69) is 5.16 Å². The number of nitrogens with zero attached hydrogens (tertiary/aromatic N) is 2. The lowest BCUT2D eigenvalue weighted by molar-refractivity contribution is -0.136. The Balaban J connectivity index is 2.61. The summed E-state index contributed by atoms with van der Waals surface area (Å²) >= 11 is 0. The predicted molar refractivity (Wildman–Crippen MR) is 66.8 cm³/mol. The number of hydrogen-bond acceptors (Lipinski definition) is 3. The highest BCUT2D eigenvalue weighted by atomic mass is 16.4. The van der Waals surface area contributed by atoms with Crippen LogP contribution in [0.5, 0.6) is 0 Å². The molecule has 0 aromatic carbocycles. The van der Waals surface area contributed by atoms with E-state index in [4.69, 9.17) is 10.9 Å². The first-order valence-electron chi connectivity index (χ1n) is 6.13. The summed E-state index contributed by atoms with van der Waals surface area (Å²) in [6.07, 6.45) is 4.91. The van der Waals surface area contributed by atoms with Gasteiger partial charge < -0.3 is 15.8 Å². The molecule has 5 heteroatoms. The first kappa shape index (κ1) is 13.8. The van der Waals surface area contributed by atoms with Crippen LogP contribution in [0.2, 0.25) is 0 Å². The Morgan fingerprint density at radius 3 is 2.47 bits per heavy atom. The normalized spacial score (nSPS) is 18.4. The van der Waals surface area contributed by atoms with E-state index < -0.39 is 5.41 Å². The van der Waals surface area contributed by atoms with Gasteiger partial charge in [-0.2, -0.15) is 0 Å². The minimum absolute atomic E-state index is 0.0410. The highest BCUT2D eigenvalue weighted by molar-refractivity contribution is 6.05. The lowest BCUT2D eigenvalue weighted by Crippen LogP contribution is -2.47. The minimum Gasteiger partial charge on any atom is -0.409 e. The second kappa shape index (κ2) is 5.38. The molecule has 0 aromatic heterocycles. The van der Waals surface area contributed by atoms with Crippen molar-refractivity contribution in [2.75, 3.05) is 13.6 Å². The van der Waals surface area contributed by atoms with Crippen molar-refractivity contribution in [2.45, 2.75) is 39.5 Å². The number of amidine groups is 1. The third-order valence-electron chi connectivity index (χ3n) is 3.64. The monoisotopic (exact) mass is 241 g/mol. The standard InChI is InChI=1S/C12H23N3O2/c1-12(2,10(13)14-17)11(16)15(3)8-9-6-4-5-7-9/h9,17H,4-8H2,1-3H3,(H2,13,14). The second-order valence-corrected chi connectivity index (χ2v) is 5.45. The molecule has 0 atom stereocenters. The van der Waals surface area contributed by atoms with Gasteiger partial charge in [0.1, 0.15) is 5.41 Å². The molecule has 1 rings (SSSR count). The molecule has 1 amide bonds. The summed E-state index contributed by atoms with van der Waals surface area (Å²) in [6, 6.07) is 0. The summed E-state index contributed by atoms with van der Waals surface area (Å²) < 4.78 is 0. The number of nitrogens with two attached hydrogens (primary N) is 1. The van der Waals surface area contributed by atoms with Gasteiger partial charge in [-0.05, 0) is 32.6 Å². The first-order valence-corrected chi connectivity index (χ1v) is 6.13. The Kier molecular flexibility index (Phi) is 4.37. The number of carbonyl (C=O) groups excluding carboxylic acids is 1. The van der Waals surface area contributed by atoms with Gasteiger partial charge in [0.25, 0.3) is 0 Å². The molecule has 3 N–H and O–H groups in total. The van der Waals surface area contributed by atoms with E-state index in [1.165, 1.54) is 25.7 Å². The maximum Gasteiger partial charge on any atom is 0.235 e.